The van der Waals surface area contributed by atoms with E-state index in [1.807, 2.05) is 30.3 Å². The van der Waals surface area contributed by atoms with E-state index >= 15 is 0 Å². The highest BCUT2D eigenvalue weighted by Crippen LogP contribution is 2.27. The molecular weight excluding hydrogens is 228 g/mol. The molecule has 0 atom stereocenters. The number of nitro groups is 1. The Morgan fingerprint density at radius 3 is 2.44 bits per heavy atom. The molecule has 1 heterocycles. The lowest BCUT2D eigenvalue weighted by Crippen LogP contribution is -1.93. The normalized spacial score (nSPS) is 10.1. The Morgan fingerprint density at radius 1 is 1.19 bits per heavy atom. The van der Waals surface area contributed by atoms with E-state index in [1.54, 1.807) is 6.07 Å². The summed E-state index contributed by atoms with van der Waals surface area (Å²) in [5, 5.41) is 10.6. The molecule has 1 aromatic heterocycles. The van der Waals surface area contributed by atoms with Crippen LogP contribution in [0.5, 0.6) is 0 Å². The van der Waals surface area contributed by atoms with Crippen molar-refractivity contribution >= 4 is 17.4 Å². The third-order valence-corrected chi connectivity index (χ3v) is 2.38. The van der Waals surface area contributed by atoms with E-state index in [1.165, 1.54) is 6.20 Å². The van der Waals surface area contributed by atoms with Crippen LogP contribution in [0.1, 0.15) is 0 Å². The molecule has 80 valence electrons. The summed E-state index contributed by atoms with van der Waals surface area (Å²) in [5.74, 6) is -0.318. The van der Waals surface area contributed by atoms with Crippen LogP contribution in [0.3, 0.4) is 0 Å². The van der Waals surface area contributed by atoms with Crippen molar-refractivity contribution in [2.45, 2.75) is 0 Å². The summed E-state index contributed by atoms with van der Waals surface area (Å²) < 4.78 is 0. The second-order valence-corrected chi connectivity index (χ2v) is 3.56. The van der Waals surface area contributed by atoms with Gasteiger partial charge in [-0.1, -0.05) is 41.9 Å². The molecule has 2 aromatic rings. The van der Waals surface area contributed by atoms with Gasteiger partial charge >= 0.3 is 5.82 Å². The van der Waals surface area contributed by atoms with E-state index in [-0.39, 0.29) is 10.8 Å². The zero-order valence-corrected chi connectivity index (χ0v) is 8.89. The second-order valence-electron chi connectivity index (χ2n) is 3.15. The molecule has 0 aliphatic carbocycles. The van der Waals surface area contributed by atoms with E-state index in [2.05, 4.69) is 4.98 Å². The lowest BCUT2D eigenvalue weighted by Gasteiger charge is -2.00. The van der Waals surface area contributed by atoms with E-state index < -0.39 is 4.92 Å². The maximum absolute atomic E-state index is 10.5. The Hall–Kier alpha value is -1.94. The molecule has 0 radical (unpaired) electrons. The lowest BCUT2D eigenvalue weighted by atomic mass is 10.1. The smallest absolute Gasteiger partial charge is 0.358 e. The average Bonchev–Trinajstić information content (AvgIpc) is 2.29. The highest BCUT2D eigenvalue weighted by Gasteiger charge is 2.14. The Kier molecular flexibility index (Phi) is 2.83. The quantitative estimate of drug-likeness (QED) is 0.592. The van der Waals surface area contributed by atoms with Gasteiger partial charge in [0, 0.05) is 5.56 Å². The molecule has 0 N–H and O–H groups in total. The van der Waals surface area contributed by atoms with Gasteiger partial charge in [0.25, 0.3) is 0 Å². The summed E-state index contributed by atoms with van der Waals surface area (Å²) in [4.78, 5) is 13.7. The van der Waals surface area contributed by atoms with Crippen LogP contribution >= 0.6 is 11.6 Å². The van der Waals surface area contributed by atoms with Gasteiger partial charge in [0.05, 0.1) is 0 Å². The Balaban J connectivity index is 2.46. The molecular formula is C11H7ClN2O2. The van der Waals surface area contributed by atoms with Gasteiger partial charge in [-0.25, -0.2) is 0 Å². The van der Waals surface area contributed by atoms with E-state index in [4.69, 9.17) is 11.6 Å². The van der Waals surface area contributed by atoms with Gasteiger partial charge in [0.15, 0.2) is 0 Å². The maximum atomic E-state index is 10.5. The van der Waals surface area contributed by atoms with Crippen LogP contribution in [0.2, 0.25) is 5.02 Å². The highest BCUT2D eigenvalue weighted by molar-refractivity contribution is 6.32. The van der Waals surface area contributed by atoms with Crippen molar-refractivity contribution in [3.63, 3.8) is 0 Å². The molecule has 0 aliphatic rings. The van der Waals surface area contributed by atoms with Crippen molar-refractivity contribution < 1.29 is 4.92 Å². The molecule has 2 rings (SSSR count). The van der Waals surface area contributed by atoms with Crippen LogP contribution in [0.4, 0.5) is 5.82 Å². The van der Waals surface area contributed by atoms with Gasteiger partial charge in [-0.3, -0.25) is 0 Å². The fourth-order valence-electron chi connectivity index (χ4n) is 1.35. The number of pyridine rings is 1. The zero-order chi connectivity index (χ0) is 11.5. The molecule has 1 aromatic carbocycles. The van der Waals surface area contributed by atoms with Crippen molar-refractivity contribution in [2.24, 2.45) is 0 Å². The molecule has 0 amide bonds. The average molecular weight is 235 g/mol. The fourth-order valence-corrected chi connectivity index (χ4v) is 1.59. The van der Waals surface area contributed by atoms with Gasteiger partial charge in [0.1, 0.15) is 11.2 Å². The summed E-state index contributed by atoms with van der Waals surface area (Å²) >= 11 is 5.77. The minimum Gasteiger partial charge on any atom is -0.358 e. The SMILES string of the molecule is O=[N+]([O-])c1ncc(-c2ccccc2)cc1Cl. The van der Waals surface area contributed by atoms with Gasteiger partial charge < -0.3 is 10.1 Å². The predicted octanol–water partition coefficient (Wildman–Crippen LogP) is 3.31. The van der Waals surface area contributed by atoms with Crippen molar-refractivity contribution in [3.05, 3.63) is 57.7 Å². The third kappa shape index (κ3) is 2.01. The van der Waals surface area contributed by atoms with E-state index in [0.29, 0.717) is 0 Å². The number of benzene rings is 1. The Labute approximate surface area is 96.7 Å². The Morgan fingerprint density at radius 2 is 1.88 bits per heavy atom. The highest BCUT2D eigenvalue weighted by atomic mass is 35.5. The molecule has 0 fully saturated rings. The summed E-state index contributed by atoms with van der Waals surface area (Å²) in [6.07, 6.45) is 1.44. The molecule has 0 bridgehead atoms. The molecule has 0 saturated heterocycles. The fraction of sp³-hybridized carbons (Fsp3) is 0. The van der Waals surface area contributed by atoms with Crippen LogP contribution in [0, 0.1) is 10.1 Å². The first kappa shape index (κ1) is 10.6. The van der Waals surface area contributed by atoms with Crippen LogP contribution in [0.25, 0.3) is 11.1 Å². The standard InChI is InChI=1S/C11H7ClN2O2/c12-10-6-9(7-13-11(10)14(15)16)8-4-2-1-3-5-8/h1-7H. The molecule has 0 unspecified atom stereocenters. The third-order valence-electron chi connectivity index (χ3n) is 2.10. The summed E-state index contributed by atoms with van der Waals surface area (Å²) in [6.45, 7) is 0. The first-order valence-corrected chi connectivity index (χ1v) is 4.91. The second kappa shape index (κ2) is 4.28. The molecule has 4 nitrogen and oxygen atoms in total. The van der Waals surface area contributed by atoms with Gasteiger partial charge in [0.2, 0.25) is 0 Å². The van der Waals surface area contributed by atoms with Crippen LogP contribution < -0.4 is 0 Å². The van der Waals surface area contributed by atoms with Crippen LogP contribution in [-0.2, 0) is 0 Å². The number of aromatic nitrogens is 1. The summed E-state index contributed by atoms with van der Waals surface area (Å²) in [6, 6.07) is 11.0. The number of hydrogen-bond donors (Lipinski definition) is 0. The number of rotatable bonds is 2. The zero-order valence-electron chi connectivity index (χ0n) is 8.13. The van der Waals surface area contributed by atoms with Crippen molar-refractivity contribution in [3.8, 4) is 11.1 Å². The largest absolute Gasteiger partial charge is 0.382 e. The van der Waals surface area contributed by atoms with Gasteiger partial charge in [-0.15, -0.1) is 0 Å². The number of hydrogen-bond acceptors (Lipinski definition) is 3. The van der Waals surface area contributed by atoms with Crippen molar-refractivity contribution in [1.29, 1.82) is 0 Å². The first-order valence-electron chi connectivity index (χ1n) is 4.54. The van der Waals surface area contributed by atoms with E-state index in [9.17, 15) is 10.1 Å². The van der Waals surface area contributed by atoms with Crippen LogP contribution in [0.15, 0.2) is 42.6 Å². The monoisotopic (exact) mass is 234 g/mol. The topological polar surface area (TPSA) is 56.0 Å². The Bertz CT molecular complexity index is 529. The first-order chi connectivity index (χ1) is 7.68. The molecule has 0 spiro atoms. The molecule has 5 heteroatoms. The number of halogens is 1. The minimum absolute atomic E-state index is 0.0475. The van der Waals surface area contributed by atoms with Crippen molar-refractivity contribution in [2.75, 3.05) is 0 Å². The minimum atomic E-state index is -0.600. The molecule has 0 aliphatic heterocycles. The van der Waals surface area contributed by atoms with Gasteiger partial charge in [-0.2, -0.15) is 0 Å². The molecule has 16 heavy (non-hydrogen) atoms. The summed E-state index contributed by atoms with van der Waals surface area (Å²) in [5.41, 5.74) is 1.68. The van der Waals surface area contributed by atoms with E-state index in [0.717, 1.165) is 11.1 Å². The number of nitrogens with zero attached hydrogens (tertiary/aromatic N) is 2. The predicted molar refractivity (Wildman–Crippen MR) is 61.3 cm³/mol. The van der Waals surface area contributed by atoms with Crippen molar-refractivity contribution in [1.82, 2.24) is 4.98 Å². The molecule has 0 saturated carbocycles. The van der Waals surface area contributed by atoms with Crippen LogP contribution in [-0.4, -0.2) is 9.91 Å². The van der Waals surface area contributed by atoms with Gasteiger partial charge in [-0.05, 0) is 21.5 Å². The maximum Gasteiger partial charge on any atom is 0.382 e. The lowest BCUT2D eigenvalue weighted by molar-refractivity contribution is -0.389. The summed E-state index contributed by atoms with van der Waals surface area (Å²) in [7, 11) is 0.